The third-order valence-corrected chi connectivity index (χ3v) is 5.53. The predicted octanol–water partition coefficient (Wildman–Crippen LogP) is 2.42. The standard InChI is InChI=1S/C20H30N2O3/c1-15-4-5-16(18(12-15)25-11-3-10-24-2)14-22-19(23)17-13-20(17)6-8-21-9-7-20/h4-5,12,17,21H,3,6-11,13-14H2,1-2H3,(H,22,23). The van der Waals surface area contributed by atoms with Crippen molar-refractivity contribution < 1.29 is 14.3 Å². The van der Waals surface area contributed by atoms with E-state index in [0.717, 1.165) is 55.6 Å². The van der Waals surface area contributed by atoms with Gasteiger partial charge in [0.25, 0.3) is 0 Å². The number of amides is 1. The van der Waals surface area contributed by atoms with E-state index in [1.165, 1.54) is 0 Å². The summed E-state index contributed by atoms with van der Waals surface area (Å²) in [5.41, 5.74) is 2.48. The number of aryl methyl sites for hydroxylation is 1. The Kier molecular flexibility index (Phi) is 5.97. The molecule has 5 heteroatoms. The second-order valence-electron chi connectivity index (χ2n) is 7.39. The van der Waals surface area contributed by atoms with Crippen LogP contribution in [0.4, 0.5) is 0 Å². The van der Waals surface area contributed by atoms with Crippen molar-refractivity contribution in [2.45, 2.75) is 39.2 Å². The number of hydrogen-bond acceptors (Lipinski definition) is 4. The third kappa shape index (κ3) is 4.53. The molecule has 1 heterocycles. The summed E-state index contributed by atoms with van der Waals surface area (Å²) >= 11 is 0. The molecule has 2 fully saturated rings. The van der Waals surface area contributed by atoms with E-state index in [4.69, 9.17) is 9.47 Å². The lowest BCUT2D eigenvalue weighted by molar-refractivity contribution is -0.123. The smallest absolute Gasteiger partial charge is 0.223 e. The van der Waals surface area contributed by atoms with Gasteiger partial charge in [-0.25, -0.2) is 0 Å². The van der Waals surface area contributed by atoms with Gasteiger partial charge in [-0.2, -0.15) is 0 Å². The Hall–Kier alpha value is -1.59. The van der Waals surface area contributed by atoms with E-state index in [1.807, 2.05) is 6.07 Å². The Morgan fingerprint density at radius 2 is 2.12 bits per heavy atom. The first-order valence-electron chi connectivity index (χ1n) is 9.34. The van der Waals surface area contributed by atoms with Crippen LogP contribution in [0.15, 0.2) is 18.2 Å². The van der Waals surface area contributed by atoms with E-state index in [2.05, 4.69) is 29.7 Å². The molecule has 1 unspecified atom stereocenters. The maximum absolute atomic E-state index is 12.5. The highest BCUT2D eigenvalue weighted by molar-refractivity contribution is 5.82. The molecule has 5 nitrogen and oxygen atoms in total. The van der Waals surface area contributed by atoms with Crippen LogP contribution in [0, 0.1) is 18.3 Å². The number of hydrogen-bond donors (Lipinski definition) is 2. The van der Waals surface area contributed by atoms with Crippen LogP contribution >= 0.6 is 0 Å². The van der Waals surface area contributed by atoms with Crippen molar-refractivity contribution in [2.75, 3.05) is 33.4 Å². The molecule has 1 atom stereocenters. The first-order chi connectivity index (χ1) is 12.1. The number of rotatable bonds is 8. The zero-order valence-electron chi connectivity index (χ0n) is 15.4. The van der Waals surface area contributed by atoms with Gasteiger partial charge in [-0.1, -0.05) is 12.1 Å². The maximum atomic E-state index is 12.5. The molecule has 2 N–H and O–H groups in total. The Morgan fingerprint density at radius 3 is 2.88 bits per heavy atom. The van der Waals surface area contributed by atoms with Crippen molar-refractivity contribution in [3.8, 4) is 5.75 Å². The van der Waals surface area contributed by atoms with Gasteiger partial charge in [0.1, 0.15) is 5.75 Å². The summed E-state index contributed by atoms with van der Waals surface area (Å²) in [7, 11) is 1.70. The predicted molar refractivity (Wildman–Crippen MR) is 97.7 cm³/mol. The topological polar surface area (TPSA) is 59.6 Å². The third-order valence-electron chi connectivity index (χ3n) is 5.53. The molecule has 3 rings (SSSR count). The van der Waals surface area contributed by atoms with E-state index in [-0.39, 0.29) is 17.2 Å². The molecule has 1 aliphatic carbocycles. The van der Waals surface area contributed by atoms with E-state index in [1.54, 1.807) is 7.11 Å². The van der Waals surface area contributed by atoms with Crippen molar-refractivity contribution in [3.05, 3.63) is 29.3 Å². The van der Waals surface area contributed by atoms with Crippen LogP contribution in [0.2, 0.25) is 0 Å². The molecule has 1 aromatic carbocycles. The summed E-state index contributed by atoms with van der Waals surface area (Å²) in [5.74, 6) is 1.27. The van der Waals surface area contributed by atoms with E-state index in [9.17, 15) is 4.79 Å². The number of ether oxygens (including phenoxy) is 2. The number of methoxy groups -OCH3 is 1. The van der Waals surface area contributed by atoms with Gasteiger partial charge in [0.05, 0.1) is 6.61 Å². The minimum absolute atomic E-state index is 0.200. The summed E-state index contributed by atoms with van der Waals surface area (Å²) in [5, 5.41) is 6.51. The van der Waals surface area contributed by atoms with E-state index >= 15 is 0 Å². The van der Waals surface area contributed by atoms with Gasteiger partial charge in [-0.15, -0.1) is 0 Å². The van der Waals surface area contributed by atoms with Crippen LogP contribution < -0.4 is 15.4 Å². The van der Waals surface area contributed by atoms with E-state index < -0.39 is 0 Å². The molecular formula is C20H30N2O3. The molecule has 0 bridgehead atoms. The fourth-order valence-electron chi connectivity index (χ4n) is 3.83. The number of carbonyl (C=O) groups excluding carboxylic acids is 1. The highest BCUT2D eigenvalue weighted by Gasteiger charge is 2.57. The fourth-order valence-corrected chi connectivity index (χ4v) is 3.83. The molecule has 1 saturated heterocycles. The summed E-state index contributed by atoms with van der Waals surface area (Å²) in [6, 6.07) is 6.16. The number of piperidine rings is 1. The van der Waals surface area contributed by atoms with Crippen LogP contribution in [0.1, 0.15) is 36.8 Å². The quantitative estimate of drug-likeness (QED) is 0.710. The molecule has 1 aromatic rings. The Labute approximate surface area is 150 Å². The first-order valence-corrected chi connectivity index (χ1v) is 9.34. The Morgan fingerprint density at radius 1 is 1.32 bits per heavy atom. The SMILES string of the molecule is COCCCOc1cc(C)ccc1CNC(=O)C1CC12CCNCC2. The monoisotopic (exact) mass is 346 g/mol. The molecule has 138 valence electrons. The second-order valence-corrected chi connectivity index (χ2v) is 7.39. The molecule has 1 saturated carbocycles. The molecule has 1 aliphatic heterocycles. The highest BCUT2D eigenvalue weighted by atomic mass is 16.5. The van der Waals surface area contributed by atoms with Gasteiger partial charge >= 0.3 is 0 Å². The van der Waals surface area contributed by atoms with Gasteiger partial charge in [0, 0.05) is 38.2 Å². The molecule has 0 radical (unpaired) electrons. The van der Waals surface area contributed by atoms with Gasteiger partial charge in [0.15, 0.2) is 0 Å². The lowest BCUT2D eigenvalue weighted by Crippen LogP contribution is -2.33. The fraction of sp³-hybridized carbons (Fsp3) is 0.650. The summed E-state index contributed by atoms with van der Waals surface area (Å²) in [4.78, 5) is 12.5. The van der Waals surface area contributed by atoms with Crippen LogP contribution in [-0.2, 0) is 16.1 Å². The zero-order chi connectivity index (χ0) is 17.7. The van der Waals surface area contributed by atoms with Gasteiger partial charge in [0.2, 0.25) is 5.91 Å². The second kappa shape index (κ2) is 8.19. The Balaban J connectivity index is 1.53. The summed E-state index contributed by atoms with van der Waals surface area (Å²) in [6.07, 6.45) is 4.16. The lowest BCUT2D eigenvalue weighted by atomic mass is 9.92. The molecule has 25 heavy (non-hydrogen) atoms. The number of nitrogens with one attached hydrogen (secondary N) is 2. The van der Waals surface area contributed by atoms with Crippen LogP contribution in [0.3, 0.4) is 0 Å². The van der Waals surface area contributed by atoms with Crippen LogP contribution in [0.25, 0.3) is 0 Å². The summed E-state index contributed by atoms with van der Waals surface area (Å²) < 4.78 is 11.0. The van der Waals surface area contributed by atoms with Crippen molar-refractivity contribution in [2.24, 2.45) is 11.3 Å². The van der Waals surface area contributed by atoms with Gasteiger partial charge in [-0.05, 0) is 56.3 Å². The van der Waals surface area contributed by atoms with E-state index in [0.29, 0.717) is 19.8 Å². The van der Waals surface area contributed by atoms with Crippen molar-refractivity contribution >= 4 is 5.91 Å². The minimum Gasteiger partial charge on any atom is -0.493 e. The summed E-state index contributed by atoms with van der Waals surface area (Å²) in [6.45, 7) is 5.98. The normalized spacial score (nSPS) is 21.1. The molecule has 1 spiro atoms. The number of benzene rings is 1. The van der Waals surface area contributed by atoms with Crippen LogP contribution in [-0.4, -0.2) is 39.3 Å². The van der Waals surface area contributed by atoms with Crippen molar-refractivity contribution in [1.29, 1.82) is 0 Å². The molecule has 1 amide bonds. The number of carbonyl (C=O) groups is 1. The minimum atomic E-state index is 0.200. The molecular weight excluding hydrogens is 316 g/mol. The van der Waals surface area contributed by atoms with Crippen molar-refractivity contribution in [1.82, 2.24) is 10.6 Å². The van der Waals surface area contributed by atoms with Gasteiger partial charge in [-0.3, -0.25) is 4.79 Å². The highest BCUT2D eigenvalue weighted by Crippen LogP contribution is 2.58. The molecule has 0 aromatic heterocycles. The van der Waals surface area contributed by atoms with Crippen molar-refractivity contribution in [3.63, 3.8) is 0 Å². The Bertz CT molecular complexity index is 597. The maximum Gasteiger partial charge on any atom is 0.223 e. The van der Waals surface area contributed by atoms with Gasteiger partial charge < -0.3 is 20.1 Å². The largest absolute Gasteiger partial charge is 0.493 e. The first kappa shape index (κ1) is 18.2. The van der Waals surface area contributed by atoms with Crippen LogP contribution in [0.5, 0.6) is 5.75 Å². The zero-order valence-corrected chi connectivity index (χ0v) is 15.4. The molecule has 2 aliphatic rings. The average molecular weight is 346 g/mol. The lowest BCUT2D eigenvalue weighted by Gasteiger charge is -2.23. The average Bonchev–Trinajstić information content (AvgIpc) is 3.31.